The lowest BCUT2D eigenvalue weighted by Crippen LogP contribution is -1.98. The summed E-state index contributed by atoms with van der Waals surface area (Å²) in [6.45, 7) is 0. The average molecular weight is 362 g/mol. The first-order chi connectivity index (χ1) is 10.6. The van der Waals surface area contributed by atoms with E-state index in [9.17, 15) is 4.79 Å². The Morgan fingerprint density at radius 2 is 1.86 bits per heavy atom. The Bertz CT molecular complexity index is 698. The van der Waals surface area contributed by atoms with E-state index in [0.717, 1.165) is 10.2 Å². The van der Waals surface area contributed by atoms with Crippen LogP contribution in [0.15, 0.2) is 59.2 Å². The molecule has 0 atom stereocenters. The largest absolute Gasteiger partial charge is 0.493 e. The van der Waals surface area contributed by atoms with Crippen LogP contribution in [0.2, 0.25) is 0 Å². The predicted molar refractivity (Wildman–Crippen MR) is 90.8 cm³/mol. The zero-order valence-electron chi connectivity index (χ0n) is 12.3. The van der Waals surface area contributed by atoms with Gasteiger partial charge in [0.2, 0.25) is 0 Å². The molecule has 0 fully saturated rings. The highest BCUT2D eigenvalue weighted by molar-refractivity contribution is 9.10. The molecule has 0 aliphatic carbocycles. The number of ether oxygens (including phenoxy) is 2. The zero-order valence-corrected chi connectivity index (χ0v) is 13.9. The maximum atomic E-state index is 12.1. The number of hydrogen-bond acceptors (Lipinski definition) is 4. The average Bonchev–Trinajstić information content (AvgIpc) is 2.54. The Kier molecular flexibility index (Phi) is 5.61. The Morgan fingerprint density at radius 1 is 1.09 bits per heavy atom. The molecule has 0 aliphatic rings. The minimum Gasteiger partial charge on any atom is -0.493 e. The van der Waals surface area contributed by atoms with Gasteiger partial charge in [0.05, 0.1) is 14.2 Å². The molecular formula is C17H16BrNO3. The maximum absolute atomic E-state index is 12.1. The van der Waals surface area contributed by atoms with Crippen molar-refractivity contribution in [3.63, 3.8) is 0 Å². The first-order valence-corrected chi connectivity index (χ1v) is 7.38. The summed E-state index contributed by atoms with van der Waals surface area (Å²) in [6.07, 6.45) is 3.09. The highest BCUT2D eigenvalue weighted by atomic mass is 79.9. The van der Waals surface area contributed by atoms with Crippen molar-refractivity contribution in [1.29, 1.82) is 0 Å². The molecule has 0 unspecified atom stereocenters. The van der Waals surface area contributed by atoms with Gasteiger partial charge < -0.3 is 14.8 Å². The van der Waals surface area contributed by atoms with E-state index in [1.165, 1.54) is 13.2 Å². The summed E-state index contributed by atoms with van der Waals surface area (Å²) >= 11 is 3.39. The number of allylic oxidation sites excluding steroid dienone is 1. The van der Waals surface area contributed by atoms with Gasteiger partial charge in [-0.2, -0.15) is 0 Å². The van der Waals surface area contributed by atoms with Crippen LogP contribution in [0.4, 0.5) is 5.69 Å². The van der Waals surface area contributed by atoms with E-state index in [-0.39, 0.29) is 5.78 Å². The van der Waals surface area contributed by atoms with Crippen molar-refractivity contribution in [3.05, 3.63) is 64.8 Å². The minimum atomic E-state index is -0.122. The van der Waals surface area contributed by atoms with Crippen LogP contribution < -0.4 is 14.8 Å². The standard InChI is InChI=1S/C17H16BrNO3/c1-21-16-7-6-12(10-17(16)22-2)15(20)8-9-19-14-5-3-4-13(18)11-14/h3-11,19H,1-2H3/b9-8-. The summed E-state index contributed by atoms with van der Waals surface area (Å²) in [7, 11) is 3.10. The second-order valence-electron chi connectivity index (χ2n) is 4.42. The van der Waals surface area contributed by atoms with Crippen molar-refractivity contribution in [3.8, 4) is 11.5 Å². The van der Waals surface area contributed by atoms with Gasteiger partial charge in [0.15, 0.2) is 17.3 Å². The van der Waals surface area contributed by atoms with E-state index in [1.54, 1.807) is 31.5 Å². The molecular weight excluding hydrogens is 346 g/mol. The molecule has 0 saturated carbocycles. The quantitative estimate of drug-likeness (QED) is 0.616. The van der Waals surface area contributed by atoms with Crippen LogP contribution in [0.5, 0.6) is 11.5 Å². The second kappa shape index (κ2) is 7.66. The molecule has 0 spiro atoms. The SMILES string of the molecule is COc1ccc(C(=O)/C=C\Nc2cccc(Br)c2)cc1OC. The number of methoxy groups -OCH3 is 2. The van der Waals surface area contributed by atoms with Gasteiger partial charge in [-0.1, -0.05) is 22.0 Å². The number of carbonyl (C=O) groups excluding carboxylic acids is 1. The predicted octanol–water partition coefficient (Wildman–Crippen LogP) is 4.27. The number of ketones is 1. The monoisotopic (exact) mass is 361 g/mol. The lowest BCUT2D eigenvalue weighted by Gasteiger charge is -2.08. The first-order valence-electron chi connectivity index (χ1n) is 6.59. The van der Waals surface area contributed by atoms with Gasteiger partial charge >= 0.3 is 0 Å². The van der Waals surface area contributed by atoms with Crippen molar-refractivity contribution in [2.24, 2.45) is 0 Å². The van der Waals surface area contributed by atoms with Gasteiger partial charge in [0, 0.05) is 28.0 Å². The van der Waals surface area contributed by atoms with Crippen LogP contribution in [-0.2, 0) is 0 Å². The number of benzene rings is 2. The molecule has 0 saturated heterocycles. The molecule has 0 radical (unpaired) electrons. The summed E-state index contributed by atoms with van der Waals surface area (Å²) in [5.74, 6) is 1.00. The lowest BCUT2D eigenvalue weighted by atomic mass is 10.1. The summed E-state index contributed by atoms with van der Waals surface area (Å²) < 4.78 is 11.3. The summed E-state index contributed by atoms with van der Waals surface area (Å²) in [4.78, 5) is 12.1. The fourth-order valence-electron chi connectivity index (χ4n) is 1.88. The first kappa shape index (κ1) is 16.1. The fourth-order valence-corrected chi connectivity index (χ4v) is 2.28. The van der Waals surface area contributed by atoms with E-state index in [1.807, 2.05) is 24.3 Å². The lowest BCUT2D eigenvalue weighted by molar-refractivity contribution is 0.104. The molecule has 0 aliphatic heterocycles. The molecule has 2 aromatic rings. The van der Waals surface area contributed by atoms with Gasteiger partial charge in [-0.3, -0.25) is 4.79 Å². The van der Waals surface area contributed by atoms with Crippen molar-refractivity contribution in [1.82, 2.24) is 0 Å². The fraction of sp³-hybridized carbons (Fsp3) is 0.118. The van der Waals surface area contributed by atoms with Crippen molar-refractivity contribution < 1.29 is 14.3 Å². The summed E-state index contributed by atoms with van der Waals surface area (Å²) in [6, 6.07) is 12.8. The Labute approximate surface area is 137 Å². The number of nitrogens with one attached hydrogen (secondary N) is 1. The Hall–Kier alpha value is -2.27. The highest BCUT2D eigenvalue weighted by Gasteiger charge is 2.08. The number of hydrogen-bond donors (Lipinski definition) is 1. The van der Waals surface area contributed by atoms with Gasteiger partial charge in [-0.05, 0) is 36.4 Å². The highest BCUT2D eigenvalue weighted by Crippen LogP contribution is 2.27. The normalized spacial score (nSPS) is 10.5. The van der Waals surface area contributed by atoms with Crippen molar-refractivity contribution in [2.45, 2.75) is 0 Å². The van der Waals surface area contributed by atoms with Crippen LogP contribution >= 0.6 is 15.9 Å². The third kappa shape index (κ3) is 4.11. The zero-order chi connectivity index (χ0) is 15.9. The third-order valence-corrected chi connectivity index (χ3v) is 3.47. The molecule has 2 rings (SSSR count). The molecule has 1 N–H and O–H groups in total. The van der Waals surface area contributed by atoms with Crippen LogP contribution in [-0.4, -0.2) is 20.0 Å². The van der Waals surface area contributed by atoms with Crippen molar-refractivity contribution in [2.75, 3.05) is 19.5 Å². The Morgan fingerprint density at radius 3 is 2.55 bits per heavy atom. The van der Waals surface area contributed by atoms with E-state index in [0.29, 0.717) is 17.1 Å². The molecule has 5 heteroatoms. The number of rotatable bonds is 6. The number of anilines is 1. The minimum absolute atomic E-state index is 0.122. The van der Waals surface area contributed by atoms with E-state index < -0.39 is 0 Å². The molecule has 0 aromatic heterocycles. The molecule has 4 nitrogen and oxygen atoms in total. The maximum Gasteiger partial charge on any atom is 0.187 e. The molecule has 0 heterocycles. The summed E-state index contributed by atoms with van der Waals surface area (Å²) in [5, 5.41) is 3.05. The van der Waals surface area contributed by atoms with Gasteiger partial charge in [-0.25, -0.2) is 0 Å². The van der Waals surface area contributed by atoms with Gasteiger partial charge in [-0.15, -0.1) is 0 Å². The molecule has 114 valence electrons. The second-order valence-corrected chi connectivity index (χ2v) is 5.34. The number of halogens is 1. The topological polar surface area (TPSA) is 47.6 Å². The van der Waals surface area contributed by atoms with E-state index in [2.05, 4.69) is 21.2 Å². The number of carbonyl (C=O) groups is 1. The van der Waals surface area contributed by atoms with Crippen LogP contribution in [0.25, 0.3) is 0 Å². The Balaban J connectivity index is 2.07. The van der Waals surface area contributed by atoms with Crippen LogP contribution in [0.1, 0.15) is 10.4 Å². The molecule has 0 bridgehead atoms. The molecule has 0 amide bonds. The van der Waals surface area contributed by atoms with Crippen LogP contribution in [0, 0.1) is 0 Å². The van der Waals surface area contributed by atoms with E-state index in [4.69, 9.17) is 9.47 Å². The molecule has 2 aromatic carbocycles. The van der Waals surface area contributed by atoms with Crippen molar-refractivity contribution >= 4 is 27.4 Å². The smallest absolute Gasteiger partial charge is 0.187 e. The third-order valence-electron chi connectivity index (χ3n) is 2.98. The van der Waals surface area contributed by atoms with Crippen LogP contribution in [0.3, 0.4) is 0 Å². The molecule has 22 heavy (non-hydrogen) atoms. The summed E-state index contributed by atoms with van der Waals surface area (Å²) in [5.41, 5.74) is 1.43. The van der Waals surface area contributed by atoms with Gasteiger partial charge in [0.25, 0.3) is 0 Å². The van der Waals surface area contributed by atoms with Gasteiger partial charge in [0.1, 0.15) is 0 Å². The van der Waals surface area contributed by atoms with E-state index >= 15 is 0 Å².